The number of rotatable bonds is 6. The van der Waals surface area contributed by atoms with Gasteiger partial charge in [0.25, 0.3) is 0 Å². The number of hydrogen-bond donors (Lipinski definition) is 2. The van der Waals surface area contributed by atoms with Gasteiger partial charge in [-0.25, -0.2) is 0 Å². The topological polar surface area (TPSA) is 37.1 Å². The van der Waals surface area contributed by atoms with Gasteiger partial charge in [0, 0.05) is 5.69 Å². The number of piperazine rings is 1. The highest BCUT2D eigenvalue weighted by Crippen LogP contribution is 2.21. The van der Waals surface area contributed by atoms with E-state index in [9.17, 15) is 5.11 Å². The first-order valence-corrected chi connectivity index (χ1v) is 10.5. The number of ether oxygens (including phenoxy) is 1. The third kappa shape index (κ3) is 4.89. The van der Waals surface area contributed by atoms with Crippen LogP contribution in [0.25, 0.3) is 10.8 Å². The quantitative estimate of drug-likeness (QED) is 0.678. The minimum absolute atomic E-state index is 0.336. The van der Waals surface area contributed by atoms with E-state index in [1.54, 1.807) is 0 Å². The molecule has 3 aromatic rings. The van der Waals surface area contributed by atoms with Crippen molar-refractivity contribution < 1.29 is 14.7 Å². The summed E-state index contributed by atoms with van der Waals surface area (Å²) in [5.74, 6) is 0.817. The lowest BCUT2D eigenvalue weighted by atomic mass is 10.1. The van der Waals surface area contributed by atoms with E-state index in [0.717, 1.165) is 43.9 Å². The Labute approximate surface area is 173 Å². The molecule has 0 spiro atoms. The van der Waals surface area contributed by atoms with E-state index in [4.69, 9.17) is 4.74 Å². The normalized spacial score (nSPS) is 16.2. The summed E-state index contributed by atoms with van der Waals surface area (Å²) in [5, 5.41) is 12.8. The first-order valence-electron chi connectivity index (χ1n) is 10.5. The lowest BCUT2D eigenvalue weighted by Crippen LogP contribution is -3.16. The molecular formula is C25H31N2O2+. The summed E-state index contributed by atoms with van der Waals surface area (Å²) in [7, 11) is 0. The van der Waals surface area contributed by atoms with Crippen LogP contribution >= 0.6 is 0 Å². The molecule has 152 valence electrons. The molecule has 1 fully saturated rings. The fraction of sp³-hybridized carbons (Fsp3) is 0.360. The molecule has 4 heteroatoms. The van der Waals surface area contributed by atoms with Crippen LogP contribution in [0, 0.1) is 13.8 Å². The van der Waals surface area contributed by atoms with Crippen LogP contribution in [-0.2, 0) is 0 Å². The highest BCUT2D eigenvalue weighted by atomic mass is 16.5. The van der Waals surface area contributed by atoms with Crippen molar-refractivity contribution >= 4 is 16.5 Å². The van der Waals surface area contributed by atoms with Gasteiger partial charge >= 0.3 is 0 Å². The Morgan fingerprint density at radius 3 is 2.45 bits per heavy atom. The summed E-state index contributed by atoms with van der Waals surface area (Å²) in [5.41, 5.74) is 4.00. The van der Waals surface area contributed by atoms with Gasteiger partial charge in [0.1, 0.15) is 25.0 Å². The second kappa shape index (κ2) is 8.85. The van der Waals surface area contributed by atoms with E-state index in [1.165, 1.54) is 27.1 Å². The SMILES string of the molecule is Cc1ccc(N2CC[NH+](C[C@H](O)COc3ccc4ccccc4c3)CC2)cc1C. The molecule has 1 heterocycles. The first kappa shape index (κ1) is 19.7. The van der Waals surface area contributed by atoms with Gasteiger partial charge < -0.3 is 19.6 Å². The van der Waals surface area contributed by atoms with Gasteiger partial charge in [0.15, 0.2) is 0 Å². The fourth-order valence-corrected chi connectivity index (χ4v) is 4.05. The third-order valence-electron chi connectivity index (χ3n) is 6.01. The smallest absolute Gasteiger partial charge is 0.137 e. The molecule has 0 unspecified atom stereocenters. The molecule has 0 amide bonds. The van der Waals surface area contributed by atoms with Crippen LogP contribution in [0.2, 0.25) is 0 Å². The Morgan fingerprint density at radius 2 is 1.69 bits per heavy atom. The Morgan fingerprint density at radius 1 is 0.931 bits per heavy atom. The number of aryl methyl sites for hydroxylation is 2. The molecule has 2 N–H and O–H groups in total. The van der Waals surface area contributed by atoms with Gasteiger partial charge in [-0.05, 0) is 60.0 Å². The lowest BCUT2D eigenvalue weighted by molar-refractivity contribution is -0.903. The molecule has 29 heavy (non-hydrogen) atoms. The first-order chi connectivity index (χ1) is 14.1. The number of quaternary nitrogens is 1. The van der Waals surface area contributed by atoms with E-state index in [2.05, 4.69) is 55.1 Å². The third-order valence-corrected chi connectivity index (χ3v) is 6.01. The molecule has 4 rings (SSSR count). The average molecular weight is 392 g/mol. The van der Waals surface area contributed by atoms with Crippen molar-refractivity contribution in [1.82, 2.24) is 0 Å². The summed E-state index contributed by atoms with van der Waals surface area (Å²) in [6.07, 6.45) is -0.454. The number of nitrogens with zero attached hydrogens (tertiary/aromatic N) is 1. The molecule has 0 saturated carbocycles. The lowest BCUT2D eigenvalue weighted by Gasteiger charge is -2.34. The van der Waals surface area contributed by atoms with Gasteiger partial charge in [-0.15, -0.1) is 0 Å². The Hall–Kier alpha value is -2.56. The van der Waals surface area contributed by atoms with Gasteiger partial charge in [0.05, 0.1) is 26.2 Å². The van der Waals surface area contributed by atoms with Crippen LogP contribution in [0.4, 0.5) is 5.69 Å². The van der Waals surface area contributed by atoms with Crippen molar-refractivity contribution in [3.05, 3.63) is 71.8 Å². The summed E-state index contributed by atoms with van der Waals surface area (Å²) in [4.78, 5) is 3.90. The van der Waals surface area contributed by atoms with E-state index >= 15 is 0 Å². The van der Waals surface area contributed by atoms with E-state index < -0.39 is 6.10 Å². The summed E-state index contributed by atoms with van der Waals surface area (Å²) >= 11 is 0. The van der Waals surface area contributed by atoms with Crippen LogP contribution in [0.15, 0.2) is 60.7 Å². The highest BCUT2D eigenvalue weighted by molar-refractivity contribution is 5.83. The van der Waals surface area contributed by atoms with Crippen molar-refractivity contribution in [2.24, 2.45) is 0 Å². The molecule has 1 saturated heterocycles. The monoisotopic (exact) mass is 391 g/mol. The molecule has 1 aliphatic rings. The maximum Gasteiger partial charge on any atom is 0.137 e. The standard InChI is InChI=1S/C25H30N2O2/c1-19-7-9-23(15-20(19)2)27-13-11-26(12-14-27)17-24(28)18-29-25-10-8-21-5-3-4-6-22(21)16-25/h3-10,15-16,24,28H,11-14,17-18H2,1-2H3/p+1/t24-/m0/s1. The van der Waals surface area contributed by atoms with Crippen molar-refractivity contribution in [2.45, 2.75) is 20.0 Å². The zero-order valence-corrected chi connectivity index (χ0v) is 17.4. The summed E-state index contributed by atoms with van der Waals surface area (Å²) < 4.78 is 5.86. The molecule has 0 aromatic heterocycles. The Balaban J connectivity index is 1.25. The number of nitrogens with one attached hydrogen (secondary N) is 1. The van der Waals surface area contributed by atoms with E-state index in [-0.39, 0.29) is 0 Å². The zero-order valence-electron chi connectivity index (χ0n) is 17.4. The van der Waals surface area contributed by atoms with E-state index in [0.29, 0.717) is 6.61 Å². The maximum absolute atomic E-state index is 10.5. The van der Waals surface area contributed by atoms with Gasteiger partial charge in [-0.2, -0.15) is 0 Å². The van der Waals surface area contributed by atoms with Crippen molar-refractivity contribution in [2.75, 3.05) is 44.2 Å². The number of anilines is 1. The minimum Gasteiger partial charge on any atom is -0.491 e. The molecule has 4 nitrogen and oxygen atoms in total. The molecule has 0 bridgehead atoms. The number of hydrogen-bond acceptors (Lipinski definition) is 3. The predicted octanol–water partition coefficient (Wildman–Crippen LogP) is 2.60. The number of benzene rings is 3. The molecule has 0 radical (unpaired) electrons. The van der Waals surface area contributed by atoms with Crippen LogP contribution < -0.4 is 14.5 Å². The molecule has 0 aliphatic carbocycles. The predicted molar refractivity (Wildman–Crippen MR) is 119 cm³/mol. The number of fused-ring (bicyclic) bond motifs is 1. The summed E-state index contributed by atoms with van der Waals surface area (Å²) in [6.45, 7) is 9.53. The average Bonchev–Trinajstić information content (AvgIpc) is 2.75. The largest absolute Gasteiger partial charge is 0.491 e. The summed E-state index contributed by atoms with van der Waals surface area (Å²) in [6, 6.07) is 21.0. The number of aliphatic hydroxyl groups excluding tert-OH is 1. The van der Waals surface area contributed by atoms with Gasteiger partial charge in [-0.1, -0.05) is 36.4 Å². The van der Waals surface area contributed by atoms with E-state index in [1.807, 2.05) is 24.3 Å². The highest BCUT2D eigenvalue weighted by Gasteiger charge is 2.23. The van der Waals surface area contributed by atoms with Crippen LogP contribution in [-0.4, -0.2) is 50.5 Å². The minimum atomic E-state index is -0.454. The van der Waals surface area contributed by atoms with Crippen LogP contribution in [0.5, 0.6) is 5.75 Å². The zero-order chi connectivity index (χ0) is 20.2. The number of aliphatic hydroxyl groups is 1. The van der Waals surface area contributed by atoms with Crippen LogP contribution in [0.3, 0.4) is 0 Å². The molecular weight excluding hydrogens is 360 g/mol. The second-order valence-corrected chi connectivity index (χ2v) is 8.18. The molecule has 3 aromatic carbocycles. The van der Waals surface area contributed by atoms with Crippen molar-refractivity contribution in [3.63, 3.8) is 0 Å². The van der Waals surface area contributed by atoms with Crippen molar-refractivity contribution in [1.29, 1.82) is 0 Å². The van der Waals surface area contributed by atoms with Crippen LogP contribution in [0.1, 0.15) is 11.1 Å². The Kier molecular flexibility index (Phi) is 6.02. The van der Waals surface area contributed by atoms with Gasteiger partial charge in [-0.3, -0.25) is 0 Å². The Bertz CT molecular complexity index is 964. The second-order valence-electron chi connectivity index (χ2n) is 8.18. The fourth-order valence-electron chi connectivity index (χ4n) is 4.05. The van der Waals surface area contributed by atoms with Gasteiger partial charge in [0.2, 0.25) is 0 Å². The molecule has 1 aliphatic heterocycles. The van der Waals surface area contributed by atoms with Crippen molar-refractivity contribution in [3.8, 4) is 5.75 Å². The molecule has 1 atom stereocenters. The maximum atomic E-state index is 10.5.